The van der Waals surface area contributed by atoms with Gasteiger partial charge in [0, 0.05) is 11.1 Å². The summed E-state index contributed by atoms with van der Waals surface area (Å²) in [6.45, 7) is 8.84. The van der Waals surface area contributed by atoms with Crippen molar-refractivity contribution in [3.63, 3.8) is 0 Å². The van der Waals surface area contributed by atoms with Crippen LogP contribution in [0, 0.1) is 0 Å². The highest BCUT2D eigenvalue weighted by atomic mass is 35.5. The van der Waals surface area contributed by atoms with E-state index in [0.29, 0.717) is 10.8 Å². The van der Waals surface area contributed by atoms with E-state index >= 15 is 0 Å². The molecule has 0 spiro atoms. The number of carbonyl (C=O) groups excluding carboxylic acids is 2. The summed E-state index contributed by atoms with van der Waals surface area (Å²) in [6.07, 6.45) is 0.831. The molecule has 0 saturated carbocycles. The molecule has 0 radical (unpaired) electrons. The van der Waals surface area contributed by atoms with Gasteiger partial charge in [0.2, 0.25) is 5.91 Å². The van der Waals surface area contributed by atoms with E-state index in [1.165, 1.54) is 0 Å². The fourth-order valence-corrected chi connectivity index (χ4v) is 1.88. The third-order valence-electron chi connectivity index (χ3n) is 3.48. The number of rotatable bonds is 7. The zero-order valence-electron chi connectivity index (χ0n) is 14.3. The summed E-state index contributed by atoms with van der Waals surface area (Å²) in [5, 5.41) is 6.10. The van der Waals surface area contributed by atoms with Crippen molar-refractivity contribution in [3.8, 4) is 5.75 Å². The zero-order valence-corrected chi connectivity index (χ0v) is 15.0. The molecule has 0 aliphatic carbocycles. The van der Waals surface area contributed by atoms with E-state index in [4.69, 9.17) is 16.3 Å². The van der Waals surface area contributed by atoms with Gasteiger partial charge in [-0.25, -0.2) is 0 Å². The second-order valence-corrected chi connectivity index (χ2v) is 6.52. The number of halogens is 1. The highest BCUT2D eigenvalue weighted by Gasteiger charge is 2.32. The van der Waals surface area contributed by atoms with Crippen LogP contribution in [0.25, 0.3) is 0 Å². The number of amides is 2. The molecule has 6 heteroatoms. The maximum absolute atomic E-state index is 12.4. The number of nitrogens with one attached hydrogen (secondary N) is 2. The number of carbonyl (C=O) groups is 2. The Balaban J connectivity index is 2.63. The van der Waals surface area contributed by atoms with Crippen molar-refractivity contribution in [1.82, 2.24) is 10.6 Å². The molecule has 23 heavy (non-hydrogen) atoms. The fraction of sp³-hybridized carbons (Fsp3) is 0.529. The maximum Gasteiger partial charge on any atom is 0.264 e. The maximum atomic E-state index is 12.4. The normalized spacial score (nSPS) is 13.8. The number of hydrogen-bond acceptors (Lipinski definition) is 3. The first-order valence-corrected chi connectivity index (χ1v) is 8.09. The van der Waals surface area contributed by atoms with Crippen molar-refractivity contribution in [3.05, 3.63) is 29.3 Å². The lowest BCUT2D eigenvalue weighted by atomic mass is 10.1. The molecule has 0 saturated heterocycles. The van der Waals surface area contributed by atoms with Crippen LogP contribution in [0.3, 0.4) is 0 Å². The third kappa shape index (κ3) is 6.10. The van der Waals surface area contributed by atoms with Gasteiger partial charge < -0.3 is 15.4 Å². The summed E-state index contributed by atoms with van der Waals surface area (Å²) < 4.78 is 5.70. The van der Waals surface area contributed by atoms with Crippen molar-refractivity contribution in [2.24, 2.45) is 0 Å². The third-order valence-corrected chi connectivity index (χ3v) is 3.73. The van der Waals surface area contributed by atoms with Crippen LogP contribution < -0.4 is 15.4 Å². The van der Waals surface area contributed by atoms with Crippen LogP contribution >= 0.6 is 11.6 Å². The largest absolute Gasteiger partial charge is 0.478 e. The van der Waals surface area contributed by atoms with Gasteiger partial charge in [0.25, 0.3) is 5.91 Å². The number of ether oxygens (including phenoxy) is 1. The number of hydrogen-bond donors (Lipinski definition) is 2. The van der Waals surface area contributed by atoms with E-state index in [1.54, 1.807) is 45.0 Å². The quantitative estimate of drug-likeness (QED) is 0.802. The van der Waals surface area contributed by atoms with Crippen LogP contribution in [0.15, 0.2) is 24.3 Å². The first-order valence-electron chi connectivity index (χ1n) is 7.71. The van der Waals surface area contributed by atoms with E-state index in [0.717, 1.165) is 6.42 Å². The monoisotopic (exact) mass is 340 g/mol. The van der Waals surface area contributed by atoms with Gasteiger partial charge in [0.15, 0.2) is 5.60 Å². The molecule has 1 aromatic carbocycles. The average Bonchev–Trinajstić information content (AvgIpc) is 2.48. The minimum atomic E-state index is -1.11. The van der Waals surface area contributed by atoms with Gasteiger partial charge in [-0.2, -0.15) is 0 Å². The van der Waals surface area contributed by atoms with Crippen molar-refractivity contribution >= 4 is 23.4 Å². The van der Waals surface area contributed by atoms with Gasteiger partial charge in [-0.05, 0) is 58.4 Å². The second-order valence-electron chi connectivity index (χ2n) is 6.08. The lowest BCUT2D eigenvalue weighted by Gasteiger charge is -2.27. The van der Waals surface area contributed by atoms with E-state index in [-0.39, 0.29) is 17.9 Å². The minimum Gasteiger partial charge on any atom is -0.478 e. The highest BCUT2D eigenvalue weighted by molar-refractivity contribution is 6.30. The Labute approximate surface area is 142 Å². The van der Waals surface area contributed by atoms with Crippen LogP contribution in [0.1, 0.15) is 41.0 Å². The summed E-state index contributed by atoms with van der Waals surface area (Å²) in [7, 11) is 0. The fourth-order valence-electron chi connectivity index (χ4n) is 1.75. The van der Waals surface area contributed by atoms with Crippen LogP contribution in [0.5, 0.6) is 5.75 Å². The molecular weight excluding hydrogens is 316 g/mol. The van der Waals surface area contributed by atoms with E-state index in [9.17, 15) is 9.59 Å². The molecule has 2 amide bonds. The van der Waals surface area contributed by atoms with E-state index < -0.39 is 11.6 Å². The molecule has 0 aliphatic rings. The Kier molecular flexibility index (Phi) is 6.88. The molecule has 128 valence electrons. The smallest absolute Gasteiger partial charge is 0.264 e. The molecular formula is C17H25ClN2O3. The molecule has 0 aliphatic heterocycles. The standard InChI is InChI=1S/C17H25ClN2O3/c1-6-11(2)19-15(21)12(3)20-16(22)17(4,5)23-14-9-7-13(18)8-10-14/h7-12H,6H2,1-5H3,(H,19,21)(H,20,22). The molecule has 0 bridgehead atoms. The molecule has 2 atom stereocenters. The SMILES string of the molecule is CCC(C)NC(=O)C(C)NC(=O)C(C)(C)Oc1ccc(Cl)cc1. The van der Waals surface area contributed by atoms with Crippen LogP contribution in [-0.4, -0.2) is 29.5 Å². The molecule has 1 aromatic rings. The summed E-state index contributed by atoms with van der Waals surface area (Å²) in [6, 6.07) is 6.19. The first kappa shape index (κ1) is 19.3. The molecule has 1 rings (SSSR count). The average molecular weight is 341 g/mol. The minimum absolute atomic E-state index is 0.0696. The van der Waals surface area contributed by atoms with Crippen molar-refractivity contribution < 1.29 is 14.3 Å². The molecule has 2 unspecified atom stereocenters. The van der Waals surface area contributed by atoms with Gasteiger partial charge in [-0.1, -0.05) is 18.5 Å². The van der Waals surface area contributed by atoms with Gasteiger partial charge in [-0.3, -0.25) is 9.59 Å². The molecule has 2 N–H and O–H groups in total. The second kappa shape index (κ2) is 8.20. The Hall–Kier alpha value is -1.75. The van der Waals surface area contributed by atoms with Gasteiger partial charge >= 0.3 is 0 Å². The molecule has 0 aromatic heterocycles. The van der Waals surface area contributed by atoms with Gasteiger partial charge in [0.05, 0.1) is 0 Å². The lowest BCUT2D eigenvalue weighted by Crippen LogP contribution is -2.54. The van der Waals surface area contributed by atoms with Gasteiger partial charge in [-0.15, -0.1) is 0 Å². The highest BCUT2D eigenvalue weighted by Crippen LogP contribution is 2.21. The summed E-state index contributed by atoms with van der Waals surface area (Å²) >= 11 is 5.82. The van der Waals surface area contributed by atoms with E-state index in [1.807, 2.05) is 13.8 Å². The Bertz CT molecular complexity index is 543. The summed E-state index contributed by atoms with van der Waals surface area (Å²) in [4.78, 5) is 24.4. The van der Waals surface area contributed by atoms with E-state index in [2.05, 4.69) is 10.6 Å². The molecule has 0 fully saturated rings. The van der Waals surface area contributed by atoms with Gasteiger partial charge in [0.1, 0.15) is 11.8 Å². The summed E-state index contributed by atoms with van der Waals surface area (Å²) in [5.74, 6) is -0.0412. The lowest BCUT2D eigenvalue weighted by molar-refractivity contribution is -0.137. The summed E-state index contributed by atoms with van der Waals surface area (Å²) in [5.41, 5.74) is -1.11. The Morgan fingerprint density at radius 1 is 1.17 bits per heavy atom. The van der Waals surface area contributed by atoms with Crippen LogP contribution in [0.2, 0.25) is 5.02 Å². The number of benzene rings is 1. The van der Waals surface area contributed by atoms with Crippen LogP contribution in [0.4, 0.5) is 0 Å². The van der Waals surface area contributed by atoms with Crippen molar-refractivity contribution in [2.45, 2.75) is 58.7 Å². The van der Waals surface area contributed by atoms with Crippen molar-refractivity contribution in [2.75, 3.05) is 0 Å². The first-order chi connectivity index (χ1) is 10.7. The predicted molar refractivity (Wildman–Crippen MR) is 91.7 cm³/mol. The molecule has 5 nitrogen and oxygen atoms in total. The Morgan fingerprint density at radius 3 is 2.26 bits per heavy atom. The van der Waals surface area contributed by atoms with Crippen molar-refractivity contribution in [1.29, 1.82) is 0 Å². The predicted octanol–water partition coefficient (Wildman–Crippen LogP) is 2.92. The Morgan fingerprint density at radius 2 is 1.74 bits per heavy atom. The van der Waals surface area contributed by atoms with Crippen LogP contribution in [-0.2, 0) is 9.59 Å². The molecule has 0 heterocycles. The topological polar surface area (TPSA) is 67.4 Å². The zero-order chi connectivity index (χ0) is 17.6.